The molecule has 1 aliphatic rings. The van der Waals surface area contributed by atoms with Crippen LogP contribution in [0.2, 0.25) is 0 Å². The molecule has 1 aromatic rings. The second-order valence-electron chi connectivity index (χ2n) is 3.12. The van der Waals surface area contributed by atoms with E-state index >= 15 is 0 Å². The van der Waals surface area contributed by atoms with Crippen molar-refractivity contribution < 1.29 is 14.9 Å². The van der Waals surface area contributed by atoms with Gasteiger partial charge in [0.05, 0.1) is 19.0 Å². The SMILES string of the molecule is OC[C@H]1O[C@H](n2ccnc2)C[C@@H]1O. The van der Waals surface area contributed by atoms with Gasteiger partial charge in [0.25, 0.3) is 0 Å². The Kier molecular flexibility index (Phi) is 2.30. The van der Waals surface area contributed by atoms with Gasteiger partial charge in [0.1, 0.15) is 12.3 Å². The van der Waals surface area contributed by atoms with Gasteiger partial charge >= 0.3 is 0 Å². The van der Waals surface area contributed by atoms with Gasteiger partial charge < -0.3 is 19.5 Å². The standard InChI is InChI=1S/C8H12N2O3/c11-4-7-6(12)3-8(13-7)10-2-1-9-5-10/h1-2,5-8,11-12H,3-4H2/t6-,7+,8-/m0/s1. The summed E-state index contributed by atoms with van der Waals surface area (Å²) in [6, 6.07) is 0. The second kappa shape index (κ2) is 3.45. The lowest BCUT2D eigenvalue weighted by Gasteiger charge is -2.12. The number of hydrogen-bond acceptors (Lipinski definition) is 4. The number of imidazole rings is 1. The van der Waals surface area contributed by atoms with Crippen molar-refractivity contribution in [3.63, 3.8) is 0 Å². The van der Waals surface area contributed by atoms with Crippen molar-refractivity contribution in [3.8, 4) is 0 Å². The van der Waals surface area contributed by atoms with E-state index in [9.17, 15) is 5.11 Å². The predicted octanol–water partition coefficient (Wildman–Crippen LogP) is -0.476. The van der Waals surface area contributed by atoms with Gasteiger partial charge in [-0.15, -0.1) is 0 Å². The minimum absolute atomic E-state index is 0.146. The van der Waals surface area contributed by atoms with Crippen LogP contribution in [0, 0.1) is 0 Å². The zero-order valence-electron chi connectivity index (χ0n) is 7.08. The largest absolute Gasteiger partial charge is 0.394 e. The lowest BCUT2D eigenvalue weighted by Crippen LogP contribution is -2.24. The van der Waals surface area contributed by atoms with E-state index in [0.29, 0.717) is 6.42 Å². The monoisotopic (exact) mass is 184 g/mol. The van der Waals surface area contributed by atoms with Crippen LogP contribution in [0.5, 0.6) is 0 Å². The molecule has 2 N–H and O–H groups in total. The number of hydrogen-bond donors (Lipinski definition) is 2. The Bertz CT molecular complexity index is 262. The summed E-state index contributed by atoms with van der Waals surface area (Å²) in [6.45, 7) is -0.146. The molecule has 0 spiro atoms. The maximum Gasteiger partial charge on any atom is 0.137 e. The van der Waals surface area contributed by atoms with Crippen LogP contribution in [0.1, 0.15) is 12.6 Å². The third-order valence-electron chi connectivity index (χ3n) is 2.24. The smallest absolute Gasteiger partial charge is 0.137 e. The molecule has 0 bridgehead atoms. The van der Waals surface area contributed by atoms with Crippen LogP contribution in [-0.4, -0.2) is 38.6 Å². The summed E-state index contributed by atoms with van der Waals surface area (Å²) in [5.74, 6) is 0. The molecular formula is C8H12N2O3. The molecule has 5 heteroatoms. The molecule has 0 saturated carbocycles. The maximum absolute atomic E-state index is 9.44. The third kappa shape index (κ3) is 1.58. The predicted molar refractivity (Wildman–Crippen MR) is 43.8 cm³/mol. The number of aromatic nitrogens is 2. The number of nitrogens with zero attached hydrogens (tertiary/aromatic N) is 2. The minimum Gasteiger partial charge on any atom is -0.394 e. The van der Waals surface area contributed by atoms with Crippen molar-refractivity contribution >= 4 is 0 Å². The van der Waals surface area contributed by atoms with Crippen molar-refractivity contribution in [1.29, 1.82) is 0 Å². The Hall–Kier alpha value is -0.910. The molecule has 5 nitrogen and oxygen atoms in total. The second-order valence-corrected chi connectivity index (χ2v) is 3.12. The van der Waals surface area contributed by atoms with Crippen LogP contribution < -0.4 is 0 Å². The zero-order chi connectivity index (χ0) is 9.26. The fourth-order valence-electron chi connectivity index (χ4n) is 1.50. The Morgan fingerprint density at radius 1 is 1.62 bits per heavy atom. The van der Waals surface area contributed by atoms with Gasteiger partial charge in [0.2, 0.25) is 0 Å². The Morgan fingerprint density at radius 2 is 2.46 bits per heavy atom. The molecule has 0 radical (unpaired) electrons. The molecule has 72 valence electrons. The van der Waals surface area contributed by atoms with Crippen molar-refractivity contribution in [2.75, 3.05) is 6.61 Å². The average molecular weight is 184 g/mol. The van der Waals surface area contributed by atoms with E-state index < -0.39 is 12.2 Å². The first-order valence-electron chi connectivity index (χ1n) is 4.23. The van der Waals surface area contributed by atoms with Gasteiger partial charge in [-0.2, -0.15) is 0 Å². The first-order valence-corrected chi connectivity index (χ1v) is 4.23. The van der Waals surface area contributed by atoms with E-state index in [-0.39, 0.29) is 12.8 Å². The molecule has 1 aromatic heterocycles. The highest BCUT2D eigenvalue weighted by atomic mass is 16.5. The number of aliphatic hydroxyl groups is 2. The first-order chi connectivity index (χ1) is 6.31. The molecule has 2 rings (SSSR count). The number of aliphatic hydroxyl groups excluding tert-OH is 2. The molecule has 1 saturated heterocycles. The van der Waals surface area contributed by atoms with Gasteiger partial charge in [-0.05, 0) is 0 Å². The van der Waals surface area contributed by atoms with Crippen LogP contribution >= 0.6 is 0 Å². The highest BCUT2D eigenvalue weighted by molar-refractivity contribution is 4.84. The molecule has 1 fully saturated rings. The van der Waals surface area contributed by atoms with E-state index in [4.69, 9.17) is 9.84 Å². The fourth-order valence-corrected chi connectivity index (χ4v) is 1.50. The van der Waals surface area contributed by atoms with E-state index in [1.807, 2.05) is 0 Å². The van der Waals surface area contributed by atoms with Crippen LogP contribution in [0.25, 0.3) is 0 Å². The molecule has 3 atom stereocenters. The van der Waals surface area contributed by atoms with Crippen LogP contribution in [-0.2, 0) is 4.74 Å². The highest BCUT2D eigenvalue weighted by Gasteiger charge is 2.33. The van der Waals surface area contributed by atoms with Gasteiger partial charge in [-0.3, -0.25) is 0 Å². The molecule has 0 unspecified atom stereocenters. The topological polar surface area (TPSA) is 67.5 Å². The fraction of sp³-hybridized carbons (Fsp3) is 0.625. The van der Waals surface area contributed by atoms with E-state index in [1.165, 1.54) is 0 Å². The summed E-state index contributed by atoms with van der Waals surface area (Å²) >= 11 is 0. The zero-order valence-corrected chi connectivity index (χ0v) is 7.08. The molecule has 0 aliphatic carbocycles. The third-order valence-corrected chi connectivity index (χ3v) is 2.24. The first kappa shape index (κ1) is 8.68. The van der Waals surface area contributed by atoms with Crippen molar-refractivity contribution in [1.82, 2.24) is 9.55 Å². The Balaban J connectivity index is 2.05. The summed E-state index contributed by atoms with van der Waals surface area (Å²) in [6.07, 6.45) is 4.32. The van der Waals surface area contributed by atoms with E-state index in [2.05, 4.69) is 4.98 Å². The van der Waals surface area contributed by atoms with Crippen LogP contribution in [0.3, 0.4) is 0 Å². The molecule has 1 aliphatic heterocycles. The van der Waals surface area contributed by atoms with Gasteiger partial charge in [-0.25, -0.2) is 4.98 Å². The quantitative estimate of drug-likeness (QED) is 0.651. The van der Waals surface area contributed by atoms with Gasteiger partial charge in [0, 0.05) is 18.8 Å². The van der Waals surface area contributed by atoms with Crippen molar-refractivity contribution in [2.45, 2.75) is 24.9 Å². The summed E-state index contributed by atoms with van der Waals surface area (Å²) in [4.78, 5) is 3.88. The Labute approximate surface area is 75.6 Å². The average Bonchev–Trinajstić information content (AvgIpc) is 2.71. The highest BCUT2D eigenvalue weighted by Crippen LogP contribution is 2.27. The molecular weight excluding hydrogens is 172 g/mol. The summed E-state index contributed by atoms with van der Waals surface area (Å²) < 4.78 is 7.17. The number of ether oxygens (including phenoxy) is 1. The van der Waals surface area contributed by atoms with Gasteiger partial charge in [0.15, 0.2) is 0 Å². The van der Waals surface area contributed by atoms with Crippen LogP contribution in [0.4, 0.5) is 0 Å². The molecule has 13 heavy (non-hydrogen) atoms. The maximum atomic E-state index is 9.44. The summed E-state index contributed by atoms with van der Waals surface area (Å²) in [5, 5.41) is 18.3. The van der Waals surface area contributed by atoms with Crippen molar-refractivity contribution in [3.05, 3.63) is 18.7 Å². The Morgan fingerprint density at radius 3 is 3.00 bits per heavy atom. The summed E-state index contributed by atoms with van der Waals surface area (Å²) in [5.41, 5.74) is 0. The summed E-state index contributed by atoms with van der Waals surface area (Å²) in [7, 11) is 0. The minimum atomic E-state index is -0.586. The lowest BCUT2D eigenvalue weighted by molar-refractivity contribution is -0.0443. The van der Waals surface area contributed by atoms with Crippen molar-refractivity contribution in [2.24, 2.45) is 0 Å². The molecule has 2 heterocycles. The van der Waals surface area contributed by atoms with Crippen LogP contribution in [0.15, 0.2) is 18.7 Å². The lowest BCUT2D eigenvalue weighted by atomic mass is 10.2. The van der Waals surface area contributed by atoms with E-state index in [0.717, 1.165) is 0 Å². The normalized spacial score (nSPS) is 33.8. The number of rotatable bonds is 2. The van der Waals surface area contributed by atoms with E-state index in [1.54, 1.807) is 23.3 Å². The molecule has 0 amide bonds. The van der Waals surface area contributed by atoms with Gasteiger partial charge in [-0.1, -0.05) is 0 Å². The molecule has 0 aromatic carbocycles.